The maximum absolute atomic E-state index is 10.0. The molecule has 1 saturated carbocycles. The van der Waals surface area contributed by atoms with Crippen molar-refractivity contribution in [2.75, 3.05) is 5.32 Å². The minimum Gasteiger partial charge on any atom is -0.506 e. The first kappa shape index (κ1) is 16.8. The standard InChI is InChI=1S/C18H18Br2N4O/c19-13-8-11(9-14(20)17(13)25)16-18(22-12-4-2-1-3-5-12)24-7-6-21-10-15(24)23-16/h6-10,12,22,25H,1-5H2. The molecule has 0 unspecified atom stereocenters. The molecule has 7 heteroatoms. The Kier molecular flexibility index (Phi) is 4.69. The number of halogens is 2. The van der Waals surface area contributed by atoms with Crippen molar-refractivity contribution >= 4 is 43.3 Å². The van der Waals surface area contributed by atoms with E-state index >= 15 is 0 Å². The molecule has 1 aliphatic rings. The molecule has 0 saturated heterocycles. The Balaban J connectivity index is 1.83. The van der Waals surface area contributed by atoms with E-state index in [2.05, 4.69) is 42.2 Å². The number of rotatable bonds is 3. The second-order valence-electron chi connectivity index (χ2n) is 6.38. The molecule has 4 rings (SSSR count). The summed E-state index contributed by atoms with van der Waals surface area (Å²) in [5.74, 6) is 1.17. The van der Waals surface area contributed by atoms with Gasteiger partial charge in [0.25, 0.3) is 0 Å². The van der Waals surface area contributed by atoms with Crippen molar-refractivity contribution in [1.29, 1.82) is 0 Å². The number of benzene rings is 1. The quantitative estimate of drug-likeness (QED) is 0.545. The van der Waals surface area contributed by atoms with Crippen molar-refractivity contribution in [3.8, 4) is 17.0 Å². The summed E-state index contributed by atoms with van der Waals surface area (Å²) in [6.07, 6.45) is 11.7. The number of fused-ring (bicyclic) bond motifs is 1. The lowest BCUT2D eigenvalue weighted by Crippen LogP contribution is -2.23. The van der Waals surface area contributed by atoms with Crippen LogP contribution in [0.5, 0.6) is 5.75 Å². The molecule has 0 spiro atoms. The molecular weight excluding hydrogens is 448 g/mol. The van der Waals surface area contributed by atoms with Crippen LogP contribution in [-0.2, 0) is 0 Å². The van der Waals surface area contributed by atoms with Crippen molar-refractivity contribution in [2.45, 2.75) is 38.1 Å². The number of aromatic nitrogens is 3. The van der Waals surface area contributed by atoms with Crippen molar-refractivity contribution in [3.05, 3.63) is 39.7 Å². The Morgan fingerprint density at radius 1 is 1.12 bits per heavy atom. The smallest absolute Gasteiger partial charge is 0.157 e. The van der Waals surface area contributed by atoms with Gasteiger partial charge in [0.2, 0.25) is 0 Å². The fourth-order valence-electron chi connectivity index (χ4n) is 3.39. The second kappa shape index (κ2) is 6.96. The molecule has 0 amide bonds. The molecule has 0 bridgehead atoms. The molecule has 3 aromatic rings. The van der Waals surface area contributed by atoms with Gasteiger partial charge in [-0.25, -0.2) is 4.98 Å². The van der Waals surface area contributed by atoms with Crippen LogP contribution >= 0.6 is 31.9 Å². The largest absolute Gasteiger partial charge is 0.506 e. The normalized spacial score (nSPS) is 15.6. The number of phenols is 1. The third-order valence-electron chi connectivity index (χ3n) is 4.67. The van der Waals surface area contributed by atoms with Gasteiger partial charge in [-0.05, 0) is 56.8 Å². The Morgan fingerprint density at radius 2 is 1.84 bits per heavy atom. The van der Waals surface area contributed by atoms with Crippen LogP contribution in [0.1, 0.15) is 32.1 Å². The van der Waals surface area contributed by atoms with Gasteiger partial charge in [0, 0.05) is 24.0 Å². The molecule has 130 valence electrons. The van der Waals surface area contributed by atoms with Crippen LogP contribution in [0.25, 0.3) is 16.9 Å². The van der Waals surface area contributed by atoms with Crippen LogP contribution in [-0.4, -0.2) is 25.5 Å². The van der Waals surface area contributed by atoms with Crippen LogP contribution in [0.15, 0.2) is 39.7 Å². The zero-order valence-corrected chi connectivity index (χ0v) is 16.7. The highest BCUT2D eigenvalue weighted by Gasteiger charge is 2.20. The predicted octanol–water partition coefficient (Wildman–Crippen LogP) is 5.37. The predicted molar refractivity (Wildman–Crippen MR) is 106 cm³/mol. The van der Waals surface area contributed by atoms with E-state index in [4.69, 9.17) is 4.98 Å². The Hall–Kier alpha value is -1.60. The molecule has 0 atom stereocenters. The molecule has 2 aromatic heterocycles. The molecule has 2 heterocycles. The summed E-state index contributed by atoms with van der Waals surface area (Å²) in [5.41, 5.74) is 2.59. The number of imidazole rings is 1. The van der Waals surface area contributed by atoms with E-state index in [0.717, 1.165) is 22.7 Å². The second-order valence-corrected chi connectivity index (χ2v) is 8.09. The number of hydrogen-bond acceptors (Lipinski definition) is 4. The summed E-state index contributed by atoms with van der Waals surface area (Å²) in [4.78, 5) is 8.96. The van der Waals surface area contributed by atoms with Crippen LogP contribution in [0.4, 0.5) is 5.82 Å². The third-order valence-corrected chi connectivity index (χ3v) is 5.88. The molecule has 0 radical (unpaired) electrons. The van der Waals surface area contributed by atoms with Crippen molar-refractivity contribution in [3.63, 3.8) is 0 Å². The summed E-state index contributed by atoms with van der Waals surface area (Å²) in [7, 11) is 0. The minimum atomic E-state index is 0.191. The van der Waals surface area contributed by atoms with Crippen LogP contribution in [0.3, 0.4) is 0 Å². The van der Waals surface area contributed by atoms with Crippen LogP contribution in [0.2, 0.25) is 0 Å². The van der Waals surface area contributed by atoms with Crippen molar-refractivity contribution < 1.29 is 5.11 Å². The number of phenolic OH excluding ortho intramolecular Hbond substituents is 1. The van der Waals surface area contributed by atoms with Gasteiger partial charge in [0.15, 0.2) is 5.65 Å². The number of nitrogens with zero attached hydrogens (tertiary/aromatic N) is 3. The summed E-state index contributed by atoms with van der Waals surface area (Å²) in [6.45, 7) is 0. The zero-order chi connectivity index (χ0) is 17.4. The van der Waals surface area contributed by atoms with E-state index in [1.807, 2.05) is 22.7 Å². The van der Waals surface area contributed by atoms with Crippen molar-refractivity contribution in [2.24, 2.45) is 0 Å². The maximum atomic E-state index is 10.0. The highest BCUT2D eigenvalue weighted by atomic mass is 79.9. The van der Waals surface area contributed by atoms with Gasteiger partial charge in [-0.3, -0.25) is 9.38 Å². The van der Waals surface area contributed by atoms with E-state index in [1.54, 1.807) is 12.4 Å². The average Bonchev–Trinajstić information content (AvgIpc) is 2.99. The first-order chi connectivity index (χ1) is 12.1. The SMILES string of the molecule is Oc1c(Br)cc(-c2nc3cnccn3c2NC2CCCCC2)cc1Br. The zero-order valence-electron chi connectivity index (χ0n) is 13.5. The number of nitrogens with one attached hydrogen (secondary N) is 1. The van der Waals surface area contributed by atoms with Gasteiger partial charge in [-0.2, -0.15) is 0 Å². The fraction of sp³-hybridized carbons (Fsp3) is 0.333. The average molecular weight is 466 g/mol. The monoisotopic (exact) mass is 464 g/mol. The maximum Gasteiger partial charge on any atom is 0.157 e. The van der Waals surface area contributed by atoms with E-state index < -0.39 is 0 Å². The molecule has 1 fully saturated rings. The summed E-state index contributed by atoms with van der Waals surface area (Å²) in [6, 6.07) is 4.24. The lowest BCUT2D eigenvalue weighted by Gasteiger charge is -2.24. The van der Waals surface area contributed by atoms with E-state index in [9.17, 15) is 5.11 Å². The number of hydrogen-bond donors (Lipinski definition) is 2. The lowest BCUT2D eigenvalue weighted by atomic mass is 9.95. The molecular formula is C18H18Br2N4O. The third kappa shape index (κ3) is 3.27. The summed E-state index contributed by atoms with van der Waals surface area (Å²) < 4.78 is 3.32. The first-order valence-corrected chi connectivity index (χ1v) is 9.99. The van der Waals surface area contributed by atoms with Gasteiger partial charge in [-0.1, -0.05) is 19.3 Å². The highest BCUT2D eigenvalue weighted by molar-refractivity contribution is 9.11. The molecule has 2 N–H and O–H groups in total. The summed E-state index contributed by atoms with van der Waals surface area (Å²) in [5, 5.41) is 13.7. The molecule has 0 aliphatic heterocycles. The van der Waals surface area contributed by atoms with E-state index in [-0.39, 0.29) is 5.75 Å². The molecule has 1 aromatic carbocycles. The van der Waals surface area contributed by atoms with Gasteiger partial charge in [0.05, 0.1) is 15.1 Å². The van der Waals surface area contributed by atoms with Gasteiger partial charge < -0.3 is 10.4 Å². The Bertz CT molecular complexity index is 896. The first-order valence-electron chi connectivity index (χ1n) is 8.40. The number of aromatic hydroxyl groups is 1. The van der Waals surface area contributed by atoms with Crippen molar-refractivity contribution in [1.82, 2.24) is 14.4 Å². The molecule has 5 nitrogen and oxygen atoms in total. The topological polar surface area (TPSA) is 62.5 Å². The summed E-state index contributed by atoms with van der Waals surface area (Å²) >= 11 is 6.83. The highest BCUT2D eigenvalue weighted by Crippen LogP contribution is 2.39. The lowest BCUT2D eigenvalue weighted by molar-refractivity contribution is 0.461. The van der Waals surface area contributed by atoms with Gasteiger partial charge in [0.1, 0.15) is 17.3 Å². The van der Waals surface area contributed by atoms with Crippen LogP contribution < -0.4 is 5.32 Å². The minimum absolute atomic E-state index is 0.191. The fourth-order valence-corrected chi connectivity index (χ4v) is 4.57. The van der Waals surface area contributed by atoms with E-state index in [0.29, 0.717) is 15.0 Å². The van der Waals surface area contributed by atoms with E-state index in [1.165, 1.54) is 32.1 Å². The van der Waals surface area contributed by atoms with Crippen LogP contribution in [0, 0.1) is 0 Å². The molecule has 25 heavy (non-hydrogen) atoms. The molecule has 1 aliphatic carbocycles. The number of anilines is 1. The van der Waals surface area contributed by atoms with Gasteiger partial charge >= 0.3 is 0 Å². The Morgan fingerprint density at radius 3 is 2.56 bits per heavy atom. The Labute approximate surface area is 162 Å². The van der Waals surface area contributed by atoms with Gasteiger partial charge in [-0.15, -0.1) is 0 Å².